The van der Waals surface area contributed by atoms with Gasteiger partial charge in [0.25, 0.3) is 0 Å². The highest BCUT2D eigenvalue weighted by atomic mass is 16.5. The second-order valence-corrected chi connectivity index (χ2v) is 6.24. The maximum Gasteiger partial charge on any atom is 0.315 e. The zero-order valence-electron chi connectivity index (χ0n) is 13.5. The van der Waals surface area contributed by atoms with E-state index >= 15 is 0 Å². The lowest BCUT2D eigenvalue weighted by atomic mass is 10.1. The predicted octanol–water partition coefficient (Wildman–Crippen LogP) is 2.35. The van der Waals surface area contributed by atoms with E-state index in [9.17, 15) is 4.79 Å². The zero-order chi connectivity index (χ0) is 16.0. The lowest BCUT2D eigenvalue weighted by Gasteiger charge is -2.24. The molecule has 3 N–H and O–H groups in total. The number of urea groups is 1. The van der Waals surface area contributed by atoms with E-state index in [0.29, 0.717) is 6.54 Å². The first kappa shape index (κ1) is 17.3. The number of hydrogen-bond acceptors (Lipinski definition) is 3. The molecule has 118 valence electrons. The van der Waals surface area contributed by atoms with Crippen LogP contribution >= 0.6 is 0 Å². The Labute approximate surface area is 126 Å². The summed E-state index contributed by atoms with van der Waals surface area (Å²) < 4.78 is 5.94. The highest BCUT2D eigenvalue weighted by Gasteiger charge is 2.15. The molecule has 0 aliphatic heterocycles. The lowest BCUT2D eigenvalue weighted by molar-refractivity contribution is 0.129. The highest BCUT2D eigenvalue weighted by molar-refractivity contribution is 5.74. The van der Waals surface area contributed by atoms with Gasteiger partial charge >= 0.3 is 6.03 Å². The fourth-order valence-corrected chi connectivity index (χ4v) is 1.73. The van der Waals surface area contributed by atoms with E-state index in [1.54, 1.807) is 6.92 Å². The number of aliphatic hydroxyl groups is 1. The summed E-state index contributed by atoms with van der Waals surface area (Å²) in [5.41, 5.74) is 1.73. The molecule has 1 aromatic carbocycles. The number of carbonyl (C=O) groups excluding carboxylic acids is 1. The van der Waals surface area contributed by atoms with Gasteiger partial charge in [-0.25, -0.2) is 4.79 Å². The van der Waals surface area contributed by atoms with Crippen LogP contribution in [0.1, 0.15) is 38.8 Å². The van der Waals surface area contributed by atoms with Crippen molar-refractivity contribution in [2.75, 3.05) is 6.61 Å². The molecule has 21 heavy (non-hydrogen) atoms. The van der Waals surface area contributed by atoms with Gasteiger partial charge in [0.05, 0.1) is 12.6 Å². The number of aryl methyl sites for hydroxylation is 1. The fourth-order valence-electron chi connectivity index (χ4n) is 1.73. The molecule has 0 aromatic heterocycles. The van der Waals surface area contributed by atoms with Crippen LogP contribution in [0.15, 0.2) is 18.2 Å². The molecule has 2 amide bonds. The van der Waals surface area contributed by atoms with Gasteiger partial charge in [-0.05, 0) is 46.2 Å². The smallest absolute Gasteiger partial charge is 0.315 e. The summed E-state index contributed by atoms with van der Waals surface area (Å²) in [5, 5.41) is 14.3. The van der Waals surface area contributed by atoms with Crippen LogP contribution in [-0.4, -0.2) is 29.4 Å². The predicted molar refractivity (Wildman–Crippen MR) is 83.5 cm³/mol. The molecule has 0 radical (unpaired) electrons. The van der Waals surface area contributed by atoms with Crippen molar-refractivity contribution in [2.24, 2.45) is 0 Å². The third-order valence-electron chi connectivity index (χ3n) is 2.73. The number of rotatable bonds is 5. The topological polar surface area (TPSA) is 70.6 Å². The minimum atomic E-state index is -0.307. The average molecular weight is 294 g/mol. The van der Waals surface area contributed by atoms with Gasteiger partial charge in [-0.3, -0.25) is 0 Å². The second-order valence-electron chi connectivity index (χ2n) is 6.24. The molecule has 0 saturated heterocycles. The van der Waals surface area contributed by atoms with Crippen molar-refractivity contribution < 1.29 is 14.6 Å². The Kier molecular flexibility index (Phi) is 6.03. The van der Waals surface area contributed by atoms with Crippen LogP contribution in [0.5, 0.6) is 5.75 Å². The summed E-state index contributed by atoms with van der Waals surface area (Å²) in [5.74, 6) is 0.776. The molecule has 0 saturated carbocycles. The van der Waals surface area contributed by atoms with Crippen molar-refractivity contribution in [1.82, 2.24) is 10.6 Å². The third-order valence-corrected chi connectivity index (χ3v) is 2.73. The van der Waals surface area contributed by atoms with Gasteiger partial charge < -0.3 is 20.5 Å². The number of carbonyl (C=O) groups is 1. The SMILES string of the molecule is Cc1ccc(CNC(=O)NC(C)CO)c(OC(C)(C)C)c1. The van der Waals surface area contributed by atoms with Crippen LogP contribution in [0, 0.1) is 6.92 Å². The van der Waals surface area contributed by atoms with Gasteiger partial charge in [0, 0.05) is 12.1 Å². The van der Waals surface area contributed by atoms with Crippen molar-refractivity contribution in [3.8, 4) is 5.75 Å². The van der Waals surface area contributed by atoms with Crippen molar-refractivity contribution in [3.63, 3.8) is 0 Å². The summed E-state index contributed by atoms with van der Waals surface area (Å²) in [6.45, 7) is 9.99. The Bertz CT molecular complexity index is 481. The number of hydrogen-bond donors (Lipinski definition) is 3. The maximum atomic E-state index is 11.7. The Hall–Kier alpha value is -1.75. The van der Waals surface area contributed by atoms with E-state index < -0.39 is 0 Å². The normalized spacial score (nSPS) is 12.7. The molecular formula is C16H26N2O3. The number of aliphatic hydroxyl groups excluding tert-OH is 1. The standard InChI is InChI=1S/C16H26N2O3/c1-11-6-7-13(14(8-11)21-16(3,4)5)9-17-15(20)18-12(2)10-19/h6-8,12,19H,9-10H2,1-5H3,(H2,17,18,20). The molecule has 5 nitrogen and oxygen atoms in total. The Balaban J connectivity index is 2.72. The average Bonchev–Trinajstić information content (AvgIpc) is 2.35. The van der Waals surface area contributed by atoms with Crippen LogP contribution in [-0.2, 0) is 6.54 Å². The van der Waals surface area contributed by atoms with E-state index in [1.165, 1.54) is 0 Å². The van der Waals surface area contributed by atoms with E-state index in [2.05, 4.69) is 10.6 Å². The molecule has 0 bridgehead atoms. The maximum absolute atomic E-state index is 11.7. The van der Waals surface area contributed by atoms with Crippen LogP contribution in [0.2, 0.25) is 0 Å². The number of nitrogens with one attached hydrogen (secondary N) is 2. The molecule has 5 heteroatoms. The Morgan fingerprint density at radius 1 is 1.38 bits per heavy atom. The number of amides is 2. The van der Waals surface area contributed by atoms with Crippen molar-refractivity contribution in [2.45, 2.75) is 52.8 Å². The summed E-state index contributed by atoms with van der Waals surface area (Å²) >= 11 is 0. The minimum Gasteiger partial charge on any atom is -0.488 e. The van der Waals surface area contributed by atoms with Crippen LogP contribution in [0.4, 0.5) is 4.79 Å². The molecule has 0 heterocycles. The quantitative estimate of drug-likeness (QED) is 0.780. The molecule has 0 fully saturated rings. The van der Waals surface area contributed by atoms with E-state index in [-0.39, 0.29) is 24.3 Å². The van der Waals surface area contributed by atoms with Crippen LogP contribution < -0.4 is 15.4 Å². The first-order valence-electron chi connectivity index (χ1n) is 7.15. The van der Waals surface area contributed by atoms with Gasteiger partial charge in [0.1, 0.15) is 11.4 Å². The van der Waals surface area contributed by atoms with Crippen LogP contribution in [0.25, 0.3) is 0 Å². The second kappa shape index (κ2) is 7.31. The molecular weight excluding hydrogens is 268 g/mol. The molecule has 1 aromatic rings. The zero-order valence-corrected chi connectivity index (χ0v) is 13.5. The molecule has 0 aliphatic rings. The van der Waals surface area contributed by atoms with Crippen molar-refractivity contribution in [3.05, 3.63) is 29.3 Å². The minimum absolute atomic E-state index is 0.0870. The summed E-state index contributed by atoms with van der Waals surface area (Å²) in [4.78, 5) is 11.7. The molecule has 1 atom stereocenters. The van der Waals surface area contributed by atoms with E-state index in [0.717, 1.165) is 16.9 Å². The largest absolute Gasteiger partial charge is 0.488 e. The number of benzene rings is 1. The number of ether oxygens (including phenoxy) is 1. The van der Waals surface area contributed by atoms with Gasteiger partial charge in [-0.2, -0.15) is 0 Å². The van der Waals surface area contributed by atoms with Gasteiger partial charge in [-0.1, -0.05) is 12.1 Å². The molecule has 0 spiro atoms. The highest BCUT2D eigenvalue weighted by Crippen LogP contribution is 2.24. The summed E-state index contributed by atoms with van der Waals surface area (Å²) in [6, 6.07) is 5.33. The van der Waals surface area contributed by atoms with Crippen molar-refractivity contribution >= 4 is 6.03 Å². The molecule has 1 unspecified atom stereocenters. The first-order valence-corrected chi connectivity index (χ1v) is 7.15. The molecule has 0 aliphatic carbocycles. The molecule has 1 rings (SSSR count). The Morgan fingerprint density at radius 3 is 2.62 bits per heavy atom. The van der Waals surface area contributed by atoms with Gasteiger partial charge in [-0.15, -0.1) is 0 Å². The lowest BCUT2D eigenvalue weighted by Crippen LogP contribution is -2.42. The summed E-state index contributed by atoms with van der Waals surface area (Å²) in [6.07, 6.45) is 0. The fraction of sp³-hybridized carbons (Fsp3) is 0.562. The van der Waals surface area contributed by atoms with Gasteiger partial charge in [0.15, 0.2) is 0 Å². The van der Waals surface area contributed by atoms with E-state index in [4.69, 9.17) is 9.84 Å². The Morgan fingerprint density at radius 2 is 2.05 bits per heavy atom. The van der Waals surface area contributed by atoms with Crippen LogP contribution in [0.3, 0.4) is 0 Å². The third kappa shape index (κ3) is 6.49. The van der Waals surface area contributed by atoms with Crippen molar-refractivity contribution in [1.29, 1.82) is 0 Å². The first-order chi connectivity index (χ1) is 9.71. The van der Waals surface area contributed by atoms with Gasteiger partial charge in [0.2, 0.25) is 0 Å². The van der Waals surface area contributed by atoms with E-state index in [1.807, 2.05) is 45.9 Å². The monoisotopic (exact) mass is 294 g/mol. The summed E-state index contributed by atoms with van der Waals surface area (Å²) in [7, 11) is 0.